The van der Waals surface area contributed by atoms with Gasteiger partial charge in [-0.15, -0.1) is 0 Å². The van der Waals surface area contributed by atoms with E-state index in [1.807, 2.05) is 37.3 Å². The number of benzene rings is 1. The average Bonchev–Trinajstić information content (AvgIpc) is 2.79. The third kappa shape index (κ3) is 1.74. The fraction of sp³-hybridized carbons (Fsp3) is 0.154. The molecule has 2 N–H and O–H groups in total. The SMILES string of the molecule is Cc1nc(CN)n(-c2cnc3ccccc3c2)n1. The smallest absolute Gasteiger partial charge is 0.148 e. The number of nitrogens with zero attached hydrogens (tertiary/aromatic N) is 4. The Morgan fingerprint density at radius 3 is 2.94 bits per heavy atom. The molecule has 0 fully saturated rings. The van der Waals surface area contributed by atoms with Crippen molar-refractivity contribution in [3.63, 3.8) is 0 Å². The van der Waals surface area contributed by atoms with Crippen LogP contribution in [0.1, 0.15) is 11.6 Å². The summed E-state index contributed by atoms with van der Waals surface area (Å²) in [7, 11) is 0. The van der Waals surface area contributed by atoms with Gasteiger partial charge in [-0.05, 0) is 19.1 Å². The van der Waals surface area contributed by atoms with Crippen molar-refractivity contribution in [2.75, 3.05) is 0 Å². The second kappa shape index (κ2) is 4.19. The zero-order valence-corrected chi connectivity index (χ0v) is 10.0. The molecule has 1 aromatic carbocycles. The molecule has 0 spiro atoms. The first-order valence-corrected chi connectivity index (χ1v) is 5.76. The van der Waals surface area contributed by atoms with Gasteiger partial charge in [0.2, 0.25) is 0 Å². The summed E-state index contributed by atoms with van der Waals surface area (Å²) in [5, 5.41) is 5.42. The van der Waals surface area contributed by atoms with Crippen LogP contribution in [0.2, 0.25) is 0 Å². The number of nitrogens with two attached hydrogens (primary N) is 1. The van der Waals surface area contributed by atoms with Gasteiger partial charge in [0.05, 0.1) is 23.9 Å². The second-order valence-corrected chi connectivity index (χ2v) is 4.08. The number of hydrogen-bond acceptors (Lipinski definition) is 4. The lowest BCUT2D eigenvalue weighted by atomic mass is 10.2. The van der Waals surface area contributed by atoms with Crippen LogP contribution in [0.15, 0.2) is 36.5 Å². The van der Waals surface area contributed by atoms with Crippen LogP contribution in [0.4, 0.5) is 0 Å². The van der Waals surface area contributed by atoms with Gasteiger partial charge in [0, 0.05) is 5.39 Å². The highest BCUT2D eigenvalue weighted by Gasteiger charge is 2.08. The van der Waals surface area contributed by atoms with E-state index in [0.717, 1.165) is 22.4 Å². The summed E-state index contributed by atoms with van der Waals surface area (Å²) in [4.78, 5) is 8.70. The molecule has 2 heterocycles. The van der Waals surface area contributed by atoms with Gasteiger partial charge >= 0.3 is 0 Å². The maximum absolute atomic E-state index is 5.67. The van der Waals surface area contributed by atoms with Gasteiger partial charge in [0.25, 0.3) is 0 Å². The minimum absolute atomic E-state index is 0.355. The summed E-state index contributed by atoms with van der Waals surface area (Å²) in [5.41, 5.74) is 7.52. The molecule has 0 atom stereocenters. The van der Waals surface area contributed by atoms with E-state index in [4.69, 9.17) is 5.73 Å². The quantitative estimate of drug-likeness (QED) is 0.737. The molecule has 90 valence electrons. The minimum atomic E-state index is 0.355. The molecule has 0 unspecified atom stereocenters. The maximum atomic E-state index is 5.67. The van der Waals surface area contributed by atoms with Crippen LogP contribution >= 0.6 is 0 Å². The van der Waals surface area contributed by atoms with E-state index < -0.39 is 0 Å². The Balaban J connectivity index is 2.18. The summed E-state index contributed by atoms with van der Waals surface area (Å²) < 4.78 is 1.74. The zero-order valence-electron chi connectivity index (χ0n) is 10.0. The molecule has 3 rings (SSSR count). The van der Waals surface area contributed by atoms with Gasteiger partial charge < -0.3 is 5.73 Å². The summed E-state index contributed by atoms with van der Waals surface area (Å²) >= 11 is 0. The van der Waals surface area contributed by atoms with Crippen molar-refractivity contribution in [3.8, 4) is 5.69 Å². The van der Waals surface area contributed by atoms with Crippen LogP contribution in [-0.2, 0) is 6.54 Å². The number of fused-ring (bicyclic) bond motifs is 1. The molecule has 0 saturated carbocycles. The fourth-order valence-corrected chi connectivity index (χ4v) is 1.97. The highest BCUT2D eigenvalue weighted by atomic mass is 15.4. The predicted octanol–water partition coefficient (Wildman–Crippen LogP) is 1.58. The van der Waals surface area contributed by atoms with E-state index in [0.29, 0.717) is 12.4 Å². The van der Waals surface area contributed by atoms with Crippen LogP contribution in [0.5, 0.6) is 0 Å². The normalized spacial score (nSPS) is 11.0. The largest absolute Gasteiger partial charge is 0.324 e. The number of para-hydroxylation sites is 1. The number of aryl methyl sites for hydroxylation is 1. The van der Waals surface area contributed by atoms with E-state index in [-0.39, 0.29) is 0 Å². The lowest BCUT2D eigenvalue weighted by molar-refractivity contribution is 0.784. The molecule has 2 aromatic heterocycles. The molecule has 5 heteroatoms. The molecule has 3 aromatic rings. The van der Waals surface area contributed by atoms with Gasteiger partial charge in [-0.1, -0.05) is 18.2 Å². The Hall–Kier alpha value is -2.27. The molecule has 0 aliphatic heterocycles. The van der Waals surface area contributed by atoms with Crippen LogP contribution in [0.25, 0.3) is 16.6 Å². The Morgan fingerprint density at radius 1 is 1.28 bits per heavy atom. The first kappa shape index (κ1) is 10.9. The molecule has 0 amide bonds. The van der Waals surface area contributed by atoms with Crippen molar-refractivity contribution < 1.29 is 0 Å². The van der Waals surface area contributed by atoms with Crippen LogP contribution in [0.3, 0.4) is 0 Å². The maximum Gasteiger partial charge on any atom is 0.148 e. The predicted molar refractivity (Wildman–Crippen MR) is 69.3 cm³/mol. The third-order valence-corrected chi connectivity index (χ3v) is 2.78. The summed E-state index contributed by atoms with van der Waals surface area (Å²) in [5.74, 6) is 1.45. The van der Waals surface area contributed by atoms with Gasteiger partial charge in [0.1, 0.15) is 11.6 Å². The standard InChI is InChI=1S/C13H13N5/c1-9-16-13(7-14)18(17-9)11-6-10-4-2-3-5-12(10)15-8-11/h2-6,8H,7,14H2,1H3. The number of pyridine rings is 1. The van der Waals surface area contributed by atoms with Gasteiger partial charge in [-0.3, -0.25) is 4.98 Å². The Labute approximate surface area is 104 Å². The highest BCUT2D eigenvalue weighted by molar-refractivity contribution is 5.80. The van der Waals surface area contributed by atoms with Crippen LogP contribution in [0, 0.1) is 6.92 Å². The average molecular weight is 239 g/mol. The summed E-state index contributed by atoms with van der Waals surface area (Å²) in [6, 6.07) is 10.0. The topological polar surface area (TPSA) is 69.6 Å². The summed E-state index contributed by atoms with van der Waals surface area (Å²) in [6.07, 6.45) is 1.79. The van der Waals surface area contributed by atoms with Crippen molar-refractivity contribution in [1.29, 1.82) is 0 Å². The highest BCUT2D eigenvalue weighted by Crippen LogP contribution is 2.16. The van der Waals surface area contributed by atoms with Crippen molar-refractivity contribution >= 4 is 10.9 Å². The molecule has 0 aliphatic carbocycles. The van der Waals surface area contributed by atoms with E-state index in [1.54, 1.807) is 10.9 Å². The summed E-state index contributed by atoms with van der Waals surface area (Å²) in [6.45, 7) is 2.21. The van der Waals surface area contributed by atoms with Crippen molar-refractivity contribution in [3.05, 3.63) is 48.2 Å². The minimum Gasteiger partial charge on any atom is -0.324 e. The number of rotatable bonds is 2. The lowest BCUT2D eigenvalue weighted by Gasteiger charge is -2.05. The third-order valence-electron chi connectivity index (χ3n) is 2.78. The van der Waals surface area contributed by atoms with E-state index in [1.165, 1.54) is 0 Å². The molecule has 0 aliphatic rings. The second-order valence-electron chi connectivity index (χ2n) is 4.08. The van der Waals surface area contributed by atoms with Crippen molar-refractivity contribution in [2.45, 2.75) is 13.5 Å². The Morgan fingerprint density at radius 2 is 2.11 bits per heavy atom. The van der Waals surface area contributed by atoms with E-state index in [9.17, 15) is 0 Å². The van der Waals surface area contributed by atoms with Gasteiger partial charge in [0.15, 0.2) is 0 Å². The molecule has 0 bridgehead atoms. The molecule has 0 radical (unpaired) electrons. The fourth-order valence-electron chi connectivity index (χ4n) is 1.97. The van der Waals surface area contributed by atoms with Crippen LogP contribution < -0.4 is 5.73 Å². The number of aromatic nitrogens is 4. The van der Waals surface area contributed by atoms with E-state index >= 15 is 0 Å². The van der Waals surface area contributed by atoms with Crippen molar-refractivity contribution in [1.82, 2.24) is 19.7 Å². The zero-order chi connectivity index (χ0) is 12.5. The van der Waals surface area contributed by atoms with Gasteiger partial charge in [-0.2, -0.15) is 5.10 Å². The van der Waals surface area contributed by atoms with Crippen LogP contribution in [-0.4, -0.2) is 19.7 Å². The number of hydrogen-bond donors (Lipinski definition) is 1. The molecular weight excluding hydrogens is 226 g/mol. The van der Waals surface area contributed by atoms with Gasteiger partial charge in [-0.25, -0.2) is 9.67 Å². The molecule has 0 saturated heterocycles. The van der Waals surface area contributed by atoms with E-state index in [2.05, 4.69) is 15.1 Å². The first-order chi connectivity index (χ1) is 8.78. The lowest BCUT2D eigenvalue weighted by Crippen LogP contribution is -2.08. The Bertz CT molecular complexity index is 701. The van der Waals surface area contributed by atoms with Crippen molar-refractivity contribution in [2.24, 2.45) is 5.73 Å². The monoisotopic (exact) mass is 239 g/mol. The molecule has 5 nitrogen and oxygen atoms in total. The molecular formula is C13H13N5. The first-order valence-electron chi connectivity index (χ1n) is 5.76. The molecule has 18 heavy (non-hydrogen) atoms. The Kier molecular flexibility index (Phi) is 2.53.